The van der Waals surface area contributed by atoms with Gasteiger partial charge in [-0.25, -0.2) is 0 Å². The van der Waals surface area contributed by atoms with Crippen LogP contribution in [-0.4, -0.2) is 37.7 Å². The zero-order valence-corrected chi connectivity index (χ0v) is 22.4. The van der Waals surface area contributed by atoms with Gasteiger partial charge in [-0.1, -0.05) is 20.8 Å². The van der Waals surface area contributed by atoms with Gasteiger partial charge in [0.15, 0.2) is 8.32 Å². The van der Waals surface area contributed by atoms with Crippen molar-refractivity contribution in [2.45, 2.75) is 99.2 Å². The fourth-order valence-electron chi connectivity index (χ4n) is 2.62. The lowest BCUT2D eigenvalue weighted by atomic mass is 9.99. The summed E-state index contributed by atoms with van der Waals surface area (Å²) in [7, 11) is -11.0. The first-order valence-electron chi connectivity index (χ1n) is 9.72. The molecule has 0 amide bonds. The molecule has 0 heterocycles. The van der Waals surface area contributed by atoms with Gasteiger partial charge in [-0.15, -0.1) is 0 Å². The molecule has 0 spiro atoms. The average Bonchev–Trinajstić information content (AvgIpc) is 2.41. The topological polar surface area (TPSA) is 88.1 Å². The molecule has 28 heavy (non-hydrogen) atoms. The van der Waals surface area contributed by atoms with Crippen LogP contribution in [-0.2, 0) is 31.9 Å². The lowest BCUT2D eigenvalue weighted by Gasteiger charge is -2.45. The molecule has 0 saturated carbocycles. The van der Waals surface area contributed by atoms with Gasteiger partial charge in [0, 0.05) is 5.41 Å². The van der Waals surface area contributed by atoms with Crippen LogP contribution in [0.4, 0.5) is 0 Å². The minimum atomic E-state index is -4.32. The summed E-state index contributed by atoms with van der Waals surface area (Å²) in [6, 6.07) is 0. The number of hydrogen-bond donors (Lipinski definition) is 0. The van der Waals surface area contributed by atoms with E-state index >= 15 is 0 Å². The fraction of sp³-hybridized carbons (Fsp3) is 0.944. The van der Waals surface area contributed by atoms with Gasteiger partial charge in [0.1, 0.15) is 0 Å². The summed E-state index contributed by atoms with van der Waals surface area (Å²) in [6.07, 6.45) is -1.01. The molecule has 0 radical (unpaired) electrons. The highest BCUT2D eigenvalue weighted by Crippen LogP contribution is 2.80. The zero-order valence-electron chi connectivity index (χ0n) is 19.6. The Morgan fingerprint density at radius 2 is 1.32 bits per heavy atom. The van der Waals surface area contributed by atoms with E-state index in [0.717, 1.165) is 0 Å². The van der Waals surface area contributed by atoms with Crippen LogP contribution in [0.5, 0.6) is 0 Å². The van der Waals surface area contributed by atoms with E-state index in [1.165, 1.54) is 6.92 Å². The molecule has 0 unspecified atom stereocenters. The molecule has 7 nitrogen and oxygen atoms in total. The molecule has 0 rings (SSSR count). The first kappa shape index (κ1) is 28.2. The van der Waals surface area contributed by atoms with Crippen molar-refractivity contribution >= 4 is 28.8 Å². The van der Waals surface area contributed by atoms with Gasteiger partial charge in [-0.3, -0.25) is 13.9 Å². The Morgan fingerprint density at radius 3 is 1.57 bits per heavy atom. The summed E-state index contributed by atoms with van der Waals surface area (Å²) in [5, 5.41) is -2.06. The summed E-state index contributed by atoms with van der Waals surface area (Å²) in [5.41, 5.74) is -1.66. The van der Waals surface area contributed by atoms with Gasteiger partial charge < -0.3 is 18.0 Å². The lowest BCUT2D eigenvalue weighted by Crippen LogP contribution is -2.45. The van der Waals surface area contributed by atoms with Crippen LogP contribution in [0.15, 0.2) is 0 Å². The van der Waals surface area contributed by atoms with E-state index in [1.54, 1.807) is 55.4 Å². The maximum atomic E-state index is 14.3. The highest BCUT2D eigenvalue weighted by atomic mass is 31.2. The number of carbonyl (C=O) groups is 1. The van der Waals surface area contributed by atoms with Crippen molar-refractivity contribution < 1.29 is 31.9 Å². The van der Waals surface area contributed by atoms with Gasteiger partial charge in [0.05, 0.1) is 18.8 Å². The van der Waals surface area contributed by atoms with Gasteiger partial charge in [-0.05, 0) is 61.2 Å². The molecule has 0 N–H and O–H groups in total. The highest BCUT2D eigenvalue weighted by molar-refractivity contribution is 7.86. The summed E-state index contributed by atoms with van der Waals surface area (Å²) in [6.45, 7) is 20.3. The van der Waals surface area contributed by atoms with Gasteiger partial charge in [-0.2, -0.15) is 0 Å². The molecular weight excluding hydrogens is 418 g/mol. The largest absolute Gasteiger partial charge is 0.394 e. The van der Waals surface area contributed by atoms with Crippen LogP contribution < -0.4 is 0 Å². The van der Waals surface area contributed by atoms with Crippen LogP contribution in [0, 0.1) is 5.41 Å². The van der Waals surface area contributed by atoms with Crippen LogP contribution >= 0.6 is 15.0 Å². The van der Waals surface area contributed by atoms with Crippen LogP contribution in [0.1, 0.15) is 62.3 Å². The van der Waals surface area contributed by atoms with Gasteiger partial charge in [0.25, 0.3) is 0 Å². The van der Waals surface area contributed by atoms with Gasteiger partial charge in [0.2, 0.25) is 10.6 Å². The third-order valence-corrected chi connectivity index (χ3v) is 11.9. The molecule has 0 aromatic rings. The molecule has 0 aliphatic rings. The van der Waals surface area contributed by atoms with E-state index < -0.39 is 51.5 Å². The predicted octanol–water partition coefficient (Wildman–Crippen LogP) is 6.44. The van der Waals surface area contributed by atoms with Crippen LogP contribution in [0.3, 0.4) is 0 Å². The number of hydrogen-bond acceptors (Lipinski definition) is 7. The summed E-state index contributed by atoms with van der Waals surface area (Å²) in [5.74, 6) is 0. The second-order valence-corrected chi connectivity index (χ2v) is 19.2. The van der Waals surface area contributed by atoms with E-state index in [4.69, 9.17) is 18.0 Å². The number of carbonyl (C=O) groups excluding carboxylic acids is 1. The van der Waals surface area contributed by atoms with Crippen molar-refractivity contribution in [1.82, 2.24) is 0 Å². The van der Waals surface area contributed by atoms with E-state index in [2.05, 4.69) is 0 Å². The van der Waals surface area contributed by atoms with E-state index in [9.17, 15) is 13.9 Å². The molecule has 0 aromatic heterocycles. The molecule has 0 aromatic carbocycles. The van der Waals surface area contributed by atoms with E-state index in [1.807, 2.05) is 19.6 Å². The summed E-state index contributed by atoms with van der Waals surface area (Å²) < 4.78 is 51.7. The Bertz CT molecular complexity index is 621. The maximum Gasteiger partial charge on any atom is 0.371 e. The van der Waals surface area contributed by atoms with Crippen LogP contribution in [0.2, 0.25) is 19.6 Å². The number of rotatable bonds is 11. The Balaban J connectivity index is 7.03. The predicted molar refractivity (Wildman–Crippen MR) is 117 cm³/mol. The van der Waals surface area contributed by atoms with Crippen molar-refractivity contribution in [2.24, 2.45) is 5.41 Å². The zero-order chi connectivity index (χ0) is 22.8. The quantitative estimate of drug-likeness (QED) is 0.260. The SMILES string of the molecule is CCO[P@](=O)(C(=O)C(C)(C)C)[C@@](C)(O[Si](C)(C)C)P(=O)(OC(C)C)OC(C)C. The standard InChI is InChI=1S/C18H40O7P2Si/c1-13-22-26(20,16(19)17(6,7)8)18(9,25-28(10,11)12)27(21,23-14(2)3)24-15(4)5/h14-15H,13H2,1-12H3/t18-,26-/m1/s1. The second kappa shape index (κ2) is 9.55. The Labute approximate surface area is 172 Å². The average molecular weight is 459 g/mol. The van der Waals surface area contributed by atoms with E-state index in [0.29, 0.717) is 0 Å². The minimum Gasteiger partial charge on any atom is -0.394 e. The molecule has 0 aliphatic heterocycles. The third-order valence-electron chi connectivity index (χ3n) is 3.47. The van der Waals surface area contributed by atoms with E-state index in [-0.39, 0.29) is 6.61 Å². The summed E-state index contributed by atoms with van der Waals surface area (Å²) in [4.78, 5) is 13.3. The van der Waals surface area contributed by atoms with Crippen molar-refractivity contribution in [1.29, 1.82) is 0 Å². The monoisotopic (exact) mass is 458 g/mol. The smallest absolute Gasteiger partial charge is 0.371 e. The van der Waals surface area contributed by atoms with Crippen LogP contribution in [0.25, 0.3) is 0 Å². The first-order chi connectivity index (χ1) is 12.3. The highest BCUT2D eigenvalue weighted by Gasteiger charge is 2.68. The molecule has 10 heteroatoms. The van der Waals surface area contributed by atoms with Crippen molar-refractivity contribution in [3.63, 3.8) is 0 Å². The normalized spacial score (nSPS) is 18.2. The molecule has 2 atom stereocenters. The molecular formula is C18H40O7P2Si. The molecule has 0 aliphatic carbocycles. The van der Waals surface area contributed by atoms with Crippen molar-refractivity contribution in [3.05, 3.63) is 0 Å². The maximum absolute atomic E-state index is 14.3. The minimum absolute atomic E-state index is 0.00684. The Kier molecular flexibility index (Phi) is 9.61. The third kappa shape index (κ3) is 6.60. The molecule has 0 saturated heterocycles. The van der Waals surface area contributed by atoms with Gasteiger partial charge >= 0.3 is 15.0 Å². The summed E-state index contributed by atoms with van der Waals surface area (Å²) >= 11 is 0. The van der Waals surface area contributed by atoms with Crippen molar-refractivity contribution in [2.75, 3.05) is 6.61 Å². The fourth-order valence-corrected chi connectivity index (χ4v) is 11.9. The lowest BCUT2D eigenvalue weighted by molar-refractivity contribution is -0.119. The Hall–Kier alpha value is 0.187. The second-order valence-electron chi connectivity index (χ2n) is 9.48. The first-order valence-corrected chi connectivity index (χ1v) is 16.3. The molecule has 0 bridgehead atoms. The molecule has 0 fully saturated rings. The molecule has 168 valence electrons. The van der Waals surface area contributed by atoms with Crippen molar-refractivity contribution in [3.8, 4) is 0 Å². The Morgan fingerprint density at radius 1 is 0.929 bits per heavy atom.